The summed E-state index contributed by atoms with van der Waals surface area (Å²) in [5.74, 6) is -0.452. The maximum atomic E-state index is 12.3. The van der Waals surface area contributed by atoms with Crippen molar-refractivity contribution in [2.45, 2.75) is 6.54 Å². The molecule has 1 heterocycles. The molecule has 1 amide bonds. The van der Waals surface area contributed by atoms with Crippen LogP contribution in [0.1, 0.15) is 5.56 Å². The maximum absolute atomic E-state index is 12.3. The first-order valence-electron chi connectivity index (χ1n) is 8.27. The van der Waals surface area contributed by atoms with Gasteiger partial charge in [0.25, 0.3) is 11.6 Å². The number of fused-ring (bicyclic) bond motifs is 1. The lowest BCUT2D eigenvalue weighted by atomic mass is 10.2. The van der Waals surface area contributed by atoms with Crippen molar-refractivity contribution in [3.8, 4) is 0 Å². The van der Waals surface area contributed by atoms with Crippen LogP contribution < -0.4 is 4.80 Å². The molecule has 1 aromatic heterocycles. The maximum Gasteiger partial charge on any atom is 0.272 e. The Bertz CT molecular complexity index is 1130. The average molecular weight is 418 g/mol. The highest BCUT2D eigenvalue weighted by molar-refractivity contribution is 7.16. The summed E-state index contributed by atoms with van der Waals surface area (Å²) in [7, 11) is 1.58. The molecule has 0 fully saturated rings. The Hall–Kier alpha value is -2.81. The summed E-state index contributed by atoms with van der Waals surface area (Å²) in [5.41, 5.74) is 1.46. The number of ether oxygens (including phenoxy) is 1. The number of benzene rings is 2. The van der Waals surface area contributed by atoms with Gasteiger partial charge in [-0.2, -0.15) is 4.99 Å². The number of thiazole rings is 1. The van der Waals surface area contributed by atoms with Crippen LogP contribution in [-0.4, -0.2) is 29.1 Å². The second kappa shape index (κ2) is 8.92. The first kappa shape index (κ1) is 19.9. The lowest BCUT2D eigenvalue weighted by Crippen LogP contribution is -2.18. The molecule has 0 saturated heterocycles. The Morgan fingerprint density at radius 2 is 2.14 bits per heavy atom. The molecule has 0 aliphatic heterocycles. The van der Waals surface area contributed by atoms with E-state index in [1.54, 1.807) is 37.5 Å². The zero-order chi connectivity index (χ0) is 20.1. The van der Waals surface area contributed by atoms with Crippen molar-refractivity contribution in [2.24, 2.45) is 4.99 Å². The third kappa shape index (κ3) is 4.53. The van der Waals surface area contributed by atoms with Gasteiger partial charge in [0.1, 0.15) is 0 Å². The van der Waals surface area contributed by atoms with Gasteiger partial charge in [-0.05, 0) is 23.8 Å². The smallest absolute Gasteiger partial charge is 0.272 e. The van der Waals surface area contributed by atoms with Gasteiger partial charge in [-0.15, -0.1) is 0 Å². The van der Waals surface area contributed by atoms with Gasteiger partial charge in [-0.25, -0.2) is 0 Å². The van der Waals surface area contributed by atoms with Gasteiger partial charge in [0.2, 0.25) is 0 Å². The van der Waals surface area contributed by atoms with Crippen LogP contribution in [0.4, 0.5) is 5.69 Å². The molecular weight excluding hydrogens is 402 g/mol. The summed E-state index contributed by atoms with van der Waals surface area (Å²) in [6, 6.07) is 11.7. The number of carbonyl (C=O) groups is 1. The number of methoxy groups -OCH3 is 1. The molecule has 0 saturated carbocycles. The van der Waals surface area contributed by atoms with Crippen LogP contribution >= 0.6 is 22.9 Å². The highest BCUT2D eigenvalue weighted by Crippen LogP contribution is 2.23. The van der Waals surface area contributed by atoms with Gasteiger partial charge in [0, 0.05) is 36.9 Å². The Labute approximate surface area is 169 Å². The number of nitro benzene ring substituents is 1. The van der Waals surface area contributed by atoms with Crippen LogP contribution in [0.5, 0.6) is 0 Å². The van der Waals surface area contributed by atoms with Gasteiger partial charge in [0.05, 0.1) is 21.7 Å². The minimum atomic E-state index is -0.452. The van der Waals surface area contributed by atoms with Gasteiger partial charge >= 0.3 is 0 Å². The van der Waals surface area contributed by atoms with Crippen LogP contribution in [0.3, 0.4) is 0 Å². The third-order valence-electron chi connectivity index (χ3n) is 3.91. The van der Waals surface area contributed by atoms with Crippen molar-refractivity contribution in [3.05, 3.63) is 74.0 Å². The molecule has 0 radical (unpaired) electrons. The summed E-state index contributed by atoms with van der Waals surface area (Å²) >= 11 is 7.29. The Morgan fingerprint density at radius 1 is 1.36 bits per heavy atom. The van der Waals surface area contributed by atoms with E-state index < -0.39 is 10.8 Å². The Kier molecular flexibility index (Phi) is 6.35. The molecule has 144 valence electrons. The number of halogens is 1. The zero-order valence-corrected chi connectivity index (χ0v) is 16.4. The molecule has 9 heteroatoms. The van der Waals surface area contributed by atoms with Gasteiger partial charge < -0.3 is 9.30 Å². The fraction of sp³-hybridized carbons (Fsp3) is 0.158. The minimum Gasteiger partial charge on any atom is -0.383 e. The fourth-order valence-corrected chi connectivity index (χ4v) is 3.86. The van der Waals surface area contributed by atoms with Crippen LogP contribution in [0.2, 0.25) is 5.02 Å². The van der Waals surface area contributed by atoms with E-state index in [9.17, 15) is 14.9 Å². The van der Waals surface area contributed by atoms with Crippen molar-refractivity contribution in [3.63, 3.8) is 0 Å². The summed E-state index contributed by atoms with van der Waals surface area (Å²) in [5, 5.41) is 11.6. The zero-order valence-electron chi connectivity index (χ0n) is 14.9. The number of nitrogens with zero attached hydrogens (tertiary/aromatic N) is 3. The normalized spacial score (nSPS) is 12.1. The first-order valence-corrected chi connectivity index (χ1v) is 9.47. The van der Waals surface area contributed by atoms with Crippen molar-refractivity contribution < 1.29 is 14.5 Å². The topological polar surface area (TPSA) is 86.7 Å². The predicted octanol–water partition coefficient (Wildman–Crippen LogP) is 4.05. The molecule has 0 aliphatic carbocycles. The fourth-order valence-electron chi connectivity index (χ4n) is 2.56. The number of non-ortho nitro benzene ring substituents is 1. The number of amides is 1. The van der Waals surface area contributed by atoms with Gasteiger partial charge in [-0.3, -0.25) is 14.9 Å². The summed E-state index contributed by atoms with van der Waals surface area (Å²) in [4.78, 5) is 27.5. The highest BCUT2D eigenvalue weighted by atomic mass is 35.5. The molecule has 0 atom stereocenters. The number of nitro groups is 1. The van der Waals surface area contributed by atoms with E-state index in [2.05, 4.69) is 4.99 Å². The predicted molar refractivity (Wildman–Crippen MR) is 109 cm³/mol. The molecule has 7 nitrogen and oxygen atoms in total. The lowest BCUT2D eigenvalue weighted by Gasteiger charge is -2.03. The monoisotopic (exact) mass is 417 g/mol. The number of hydrogen-bond acceptors (Lipinski definition) is 5. The second-order valence-corrected chi connectivity index (χ2v) is 7.16. The van der Waals surface area contributed by atoms with Crippen molar-refractivity contribution in [1.29, 1.82) is 0 Å². The van der Waals surface area contributed by atoms with E-state index in [0.717, 1.165) is 5.52 Å². The summed E-state index contributed by atoms with van der Waals surface area (Å²) in [6.07, 6.45) is 2.94. The van der Waals surface area contributed by atoms with E-state index in [4.69, 9.17) is 16.3 Å². The minimum absolute atomic E-state index is 0.0101. The molecule has 0 N–H and O–H groups in total. The second-order valence-electron chi connectivity index (χ2n) is 5.74. The number of aromatic nitrogens is 1. The number of rotatable bonds is 6. The van der Waals surface area contributed by atoms with E-state index in [1.807, 2.05) is 10.6 Å². The molecule has 28 heavy (non-hydrogen) atoms. The van der Waals surface area contributed by atoms with Gasteiger partial charge in [-0.1, -0.05) is 41.1 Å². The largest absolute Gasteiger partial charge is 0.383 e. The molecule has 2 aromatic carbocycles. The average Bonchev–Trinajstić information content (AvgIpc) is 3.01. The third-order valence-corrected chi connectivity index (χ3v) is 5.30. The molecule has 0 aliphatic rings. The van der Waals surface area contributed by atoms with E-state index in [0.29, 0.717) is 33.2 Å². The molecule has 0 unspecified atom stereocenters. The standard InChI is InChI=1S/C19H16ClN3O4S/c1-27-11-10-22-16-8-7-14(23(25)26)12-17(16)28-19(22)21-18(24)9-6-13-4-2-3-5-15(13)20/h2-9,12H,10-11H2,1H3/b9-6+,21-19?. The Morgan fingerprint density at radius 3 is 2.86 bits per heavy atom. The SMILES string of the molecule is COCCn1c(=NC(=O)/C=C/c2ccccc2Cl)sc2cc([N+](=O)[O-])ccc21. The highest BCUT2D eigenvalue weighted by Gasteiger charge is 2.12. The molecule has 3 rings (SSSR count). The Balaban J connectivity index is 2.00. The number of hydrogen-bond donors (Lipinski definition) is 0. The van der Waals surface area contributed by atoms with E-state index in [1.165, 1.54) is 29.5 Å². The van der Waals surface area contributed by atoms with Crippen molar-refractivity contribution >= 4 is 50.8 Å². The summed E-state index contributed by atoms with van der Waals surface area (Å²) < 4.78 is 7.61. The quantitative estimate of drug-likeness (QED) is 0.344. The van der Waals surface area contributed by atoms with Crippen molar-refractivity contribution in [2.75, 3.05) is 13.7 Å². The van der Waals surface area contributed by atoms with Crippen LogP contribution in [0.25, 0.3) is 16.3 Å². The first-order chi connectivity index (χ1) is 13.5. The van der Waals surface area contributed by atoms with Gasteiger partial charge in [0.15, 0.2) is 4.80 Å². The van der Waals surface area contributed by atoms with E-state index in [-0.39, 0.29) is 5.69 Å². The van der Waals surface area contributed by atoms with Crippen LogP contribution in [-0.2, 0) is 16.1 Å². The summed E-state index contributed by atoms with van der Waals surface area (Å²) in [6.45, 7) is 0.883. The van der Waals surface area contributed by atoms with E-state index >= 15 is 0 Å². The molecule has 0 spiro atoms. The lowest BCUT2D eigenvalue weighted by molar-refractivity contribution is -0.384. The van der Waals surface area contributed by atoms with Crippen LogP contribution in [0, 0.1) is 10.1 Å². The molecule has 0 bridgehead atoms. The molecular formula is C19H16ClN3O4S. The van der Waals surface area contributed by atoms with Crippen LogP contribution in [0.15, 0.2) is 53.5 Å². The van der Waals surface area contributed by atoms with Crippen molar-refractivity contribution in [1.82, 2.24) is 4.57 Å². The molecule has 3 aromatic rings. The number of carbonyl (C=O) groups excluding carboxylic acids is 1.